The van der Waals surface area contributed by atoms with E-state index in [0.29, 0.717) is 5.41 Å². The second kappa shape index (κ2) is 3.40. The molecule has 0 atom stereocenters. The zero-order chi connectivity index (χ0) is 8.32. The summed E-state index contributed by atoms with van der Waals surface area (Å²) in [6.45, 7) is 10.5. The third-order valence-corrected chi connectivity index (χ3v) is 1.84. The summed E-state index contributed by atoms with van der Waals surface area (Å²) in [5.41, 5.74) is 0.450. The van der Waals surface area contributed by atoms with Gasteiger partial charge in [-0.25, -0.2) is 0 Å². The average molecular weight is 153 g/mol. The summed E-state index contributed by atoms with van der Waals surface area (Å²) in [7, 11) is 0. The van der Waals surface area contributed by atoms with Crippen molar-refractivity contribution in [2.45, 2.75) is 27.2 Å². The first kappa shape index (κ1) is 8.79. The van der Waals surface area contributed by atoms with Crippen molar-refractivity contribution in [2.75, 3.05) is 19.6 Å². The minimum atomic E-state index is 0.450. The van der Waals surface area contributed by atoms with E-state index in [1.165, 1.54) is 19.5 Å². The van der Waals surface area contributed by atoms with Crippen LogP contribution in [0.15, 0.2) is 12.2 Å². The number of rotatable bonds is 1. The van der Waals surface area contributed by atoms with Gasteiger partial charge in [0.1, 0.15) is 0 Å². The lowest BCUT2D eigenvalue weighted by Gasteiger charge is -2.30. The van der Waals surface area contributed by atoms with Crippen molar-refractivity contribution in [3.05, 3.63) is 12.2 Å². The molecule has 0 saturated heterocycles. The molecule has 1 rings (SSSR count). The molecule has 0 fully saturated rings. The summed E-state index contributed by atoms with van der Waals surface area (Å²) in [6.07, 6.45) is 5.78. The van der Waals surface area contributed by atoms with Crippen molar-refractivity contribution in [1.29, 1.82) is 0 Å². The van der Waals surface area contributed by atoms with Gasteiger partial charge in [0.15, 0.2) is 0 Å². The highest BCUT2D eigenvalue weighted by Gasteiger charge is 2.15. The normalized spacial score (nSPS) is 20.6. The molecule has 0 aromatic carbocycles. The molecule has 0 bridgehead atoms. The Morgan fingerprint density at radius 3 is 2.45 bits per heavy atom. The highest BCUT2D eigenvalue weighted by Crippen LogP contribution is 2.16. The Bertz CT molecular complexity index is 141. The predicted molar refractivity (Wildman–Crippen MR) is 49.7 cm³/mol. The van der Waals surface area contributed by atoms with Gasteiger partial charge >= 0.3 is 0 Å². The summed E-state index contributed by atoms with van der Waals surface area (Å²) in [5.74, 6) is 0. The second-order valence-corrected chi connectivity index (χ2v) is 4.56. The van der Waals surface area contributed by atoms with Crippen molar-refractivity contribution in [2.24, 2.45) is 5.41 Å². The van der Waals surface area contributed by atoms with Crippen LogP contribution in [-0.4, -0.2) is 24.5 Å². The van der Waals surface area contributed by atoms with E-state index in [1.54, 1.807) is 0 Å². The van der Waals surface area contributed by atoms with E-state index in [-0.39, 0.29) is 0 Å². The Balaban J connectivity index is 2.32. The molecular weight excluding hydrogens is 134 g/mol. The van der Waals surface area contributed by atoms with E-state index < -0.39 is 0 Å². The Labute approximate surface area is 70.1 Å². The van der Waals surface area contributed by atoms with Gasteiger partial charge in [-0.05, 0) is 11.8 Å². The van der Waals surface area contributed by atoms with Crippen LogP contribution in [0.3, 0.4) is 0 Å². The topological polar surface area (TPSA) is 3.24 Å². The molecule has 0 unspecified atom stereocenters. The fraction of sp³-hybridized carbons (Fsp3) is 0.800. The number of hydrogen-bond acceptors (Lipinski definition) is 1. The molecule has 1 aliphatic rings. The summed E-state index contributed by atoms with van der Waals surface area (Å²) in [6, 6.07) is 0. The Kier molecular flexibility index (Phi) is 2.72. The fourth-order valence-electron chi connectivity index (χ4n) is 1.50. The molecule has 1 nitrogen and oxygen atoms in total. The van der Waals surface area contributed by atoms with E-state index in [4.69, 9.17) is 0 Å². The molecule has 0 aromatic rings. The first-order valence-electron chi connectivity index (χ1n) is 4.45. The van der Waals surface area contributed by atoms with Crippen molar-refractivity contribution in [1.82, 2.24) is 4.90 Å². The molecule has 1 aliphatic heterocycles. The maximum atomic E-state index is 2.51. The highest BCUT2D eigenvalue weighted by molar-refractivity contribution is 4.91. The van der Waals surface area contributed by atoms with E-state index in [9.17, 15) is 0 Å². The third kappa shape index (κ3) is 3.57. The van der Waals surface area contributed by atoms with Gasteiger partial charge in [0.25, 0.3) is 0 Å². The zero-order valence-corrected chi connectivity index (χ0v) is 7.93. The second-order valence-electron chi connectivity index (χ2n) is 4.56. The van der Waals surface area contributed by atoms with Gasteiger partial charge < -0.3 is 0 Å². The van der Waals surface area contributed by atoms with Crippen LogP contribution < -0.4 is 0 Å². The van der Waals surface area contributed by atoms with Gasteiger partial charge in [-0.3, -0.25) is 4.90 Å². The smallest absolute Gasteiger partial charge is 0.0163 e. The van der Waals surface area contributed by atoms with E-state index in [1.807, 2.05) is 0 Å². The van der Waals surface area contributed by atoms with Crippen LogP contribution in [0.25, 0.3) is 0 Å². The summed E-state index contributed by atoms with van der Waals surface area (Å²) in [5, 5.41) is 0. The molecule has 0 N–H and O–H groups in total. The molecule has 0 radical (unpaired) electrons. The lowest BCUT2D eigenvalue weighted by atomic mass is 9.95. The van der Waals surface area contributed by atoms with Crippen LogP contribution >= 0.6 is 0 Å². The van der Waals surface area contributed by atoms with Gasteiger partial charge in [-0.2, -0.15) is 0 Å². The van der Waals surface area contributed by atoms with Crippen LogP contribution in [-0.2, 0) is 0 Å². The van der Waals surface area contributed by atoms with Crippen LogP contribution in [0.5, 0.6) is 0 Å². The fourth-order valence-corrected chi connectivity index (χ4v) is 1.50. The van der Waals surface area contributed by atoms with Gasteiger partial charge in [0.05, 0.1) is 0 Å². The Morgan fingerprint density at radius 2 is 2.00 bits per heavy atom. The number of hydrogen-bond donors (Lipinski definition) is 0. The van der Waals surface area contributed by atoms with E-state index in [2.05, 4.69) is 37.8 Å². The molecule has 0 spiro atoms. The van der Waals surface area contributed by atoms with Gasteiger partial charge in [-0.15, -0.1) is 0 Å². The third-order valence-electron chi connectivity index (χ3n) is 1.84. The SMILES string of the molecule is CC(C)(C)CN1CC=CCC1. The zero-order valence-electron chi connectivity index (χ0n) is 7.93. The highest BCUT2D eigenvalue weighted by atomic mass is 15.1. The molecule has 11 heavy (non-hydrogen) atoms. The monoisotopic (exact) mass is 153 g/mol. The molecule has 0 amide bonds. The molecule has 0 aromatic heterocycles. The van der Waals surface area contributed by atoms with Crippen molar-refractivity contribution >= 4 is 0 Å². The van der Waals surface area contributed by atoms with E-state index in [0.717, 1.165) is 6.54 Å². The van der Waals surface area contributed by atoms with Gasteiger partial charge in [-0.1, -0.05) is 32.9 Å². The quantitative estimate of drug-likeness (QED) is 0.522. The molecule has 1 heteroatoms. The Morgan fingerprint density at radius 1 is 1.27 bits per heavy atom. The van der Waals surface area contributed by atoms with Crippen molar-refractivity contribution < 1.29 is 0 Å². The van der Waals surface area contributed by atoms with Gasteiger partial charge in [0, 0.05) is 19.6 Å². The lowest BCUT2D eigenvalue weighted by molar-refractivity contribution is 0.205. The van der Waals surface area contributed by atoms with Crippen molar-refractivity contribution in [3.8, 4) is 0 Å². The molecular formula is C10H19N. The number of nitrogens with zero attached hydrogens (tertiary/aromatic N) is 1. The first-order valence-corrected chi connectivity index (χ1v) is 4.45. The lowest BCUT2D eigenvalue weighted by Crippen LogP contribution is -2.34. The summed E-state index contributed by atoms with van der Waals surface area (Å²) >= 11 is 0. The van der Waals surface area contributed by atoms with Gasteiger partial charge in [0.2, 0.25) is 0 Å². The van der Waals surface area contributed by atoms with Crippen LogP contribution in [0.4, 0.5) is 0 Å². The Hall–Kier alpha value is -0.300. The minimum Gasteiger partial charge on any atom is -0.299 e. The maximum Gasteiger partial charge on any atom is 0.0163 e. The summed E-state index contributed by atoms with van der Waals surface area (Å²) < 4.78 is 0. The maximum absolute atomic E-state index is 2.51. The predicted octanol–water partition coefficient (Wildman–Crippen LogP) is 2.29. The molecule has 64 valence electrons. The van der Waals surface area contributed by atoms with Crippen molar-refractivity contribution in [3.63, 3.8) is 0 Å². The largest absolute Gasteiger partial charge is 0.299 e. The average Bonchev–Trinajstić information content (AvgIpc) is 1.85. The van der Waals surface area contributed by atoms with Crippen LogP contribution in [0.1, 0.15) is 27.2 Å². The molecule has 0 aliphatic carbocycles. The standard InChI is InChI=1S/C10H19N/c1-10(2,3)9-11-7-5-4-6-8-11/h4-5H,6-9H2,1-3H3. The summed E-state index contributed by atoms with van der Waals surface area (Å²) in [4.78, 5) is 2.51. The molecule has 0 saturated carbocycles. The minimum absolute atomic E-state index is 0.450. The van der Waals surface area contributed by atoms with Crippen LogP contribution in [0.2, 0.25) is 0 Å². The molecule has 1 heterocycles. The van der Waals surface area contributed by atoms with E-state index >= 15 is 0 Å². The first-order chi connectivity index (χ1) is 5.08. The van der Waals surface area contributed by atoms with Crippen LogP contribution in [0, 0.1) is 5.41 Å².